The Balaban J connectivity index is 1.49. The van der Waals surface area contributed by atoms with Crippen molar-refractivity contribution in [3.63, 3.8) is 0 Å². The zero-order chi connectivity index (χ0) is 24.2. The number of piperazine rings is 1. The number of hydrogen-bond acceptors (Lipinski definition) is 5. The Morgan fingerprint density at radius 2 is 1.71 bits per heavy atom. The topological polar surface area (TPSA) is 140 Å². The van der Waals surface area contributed by atoms with E-state index in [4.69, 9.17) is 16.2 Å². The van der Waals surface area contributed by atoms with Crippen molar-refractivity contribution in [3.05, 3.63) is 59.7 Å². The second kappa shape index (κ2) is 9.94. The Labute approximate surface area is 198 Å². The van der Waals surface area contributed by atoms with Crippen molar-refractivity contribution >= 4 is 23.7 Å². The van der Waals surface area contributed by atoms with Crippen molar-refractivity contribution in [1.82, 2.24) is 10.2 Å². The van der Waals surface area contributed by atoms with Crippen LogP contribution in [0.1, 0.15) is 36.8 Å². The van der Waals surface area contributed by atoms with Gasteiger partial charge in [0.1, 0.15) is 18.7 Å². The summed E-state index contributed by atoms with van der Waals surface area (Å²) in [7, 11) is 0. The predicted molar refractivity (Wildman–Crippen MR) is 128 cm³/mol. The number of hydrogen-bond donors (Lipinski definition) is 3. The molecular formula is C25H29N5O4. The normalized spacial score (nSPS) is 19.1. The fourth-order valence-electron chi connectivity index (χ4n) is 4.67. The monoisotopic (exact) mass is 463 g/mol. The lowest BCUT2D eigenvalue weighted by atomic mass is 9.98. The van der Waals surface area contributed by atoms with Gasteiger partial charge in [-0.25, -0.2) is 4.79 Å². The number of nitrogens with one attached hydrogen (secondary N) is 1. The van der Waals surface area contributed by atoms with Crippen molar-refractivity contribution < 1.29 is 19.1 Å². The van der Waals surface area contributed by atoms with Crippen LogP contribution in [0.4, 0.5) is 4.79 Å². The molecule has 9 nitrogen and oxygen atoms in total. The van der Waals surface area contributed by atoms with Crippen molar-refractivity contribution in [2.45, 2.75) is 37.8 Å². The van der Waals surface area contributed by atoms with E-state index in [1.165, 1.54) is 11.8 Å². The molecule has 0 aromatic heterocycles. The summed E-state index contributed by atoms with van der Waals surface area (Å²) >= 11 is 0. The molecule has 1 heterocycles. The maximum Gasteiger partial charge on any atom is 0.410 e. The van der Waals surface area contributed by atoms with Crippen LogP contribution in [0, 0.1) is 0 Å². The first-order valence-electron chi connectivity index (χ1n) is 11.3. The molecule has 4 rings (SSSR count). The van der Waals surface area contributed by atoms with E-state index in [9.17, 15) is 14.4 Å². The van der Waals surface area contributed by atoms with Crippen LogP contribution in [0.15, 0.2) is 53.5 Å². The highest BCUT2D eigenvalue weighted by Gasteiger charge is 2.40. The molecule has 0 unspecified atom stereocenters. The van der Waals surface area contributed by atoms with Crippen LogP contribution in [-0.4, -0.2) is 60.4 Å². The van der Waals surface area contributed by atoms with Gasteiger partial charge in [0.05, 0.1) is 6.54 Å². The maximum atomic E-state index is 13.2. The summed E-state index contributed by atoms with van der Waals surface area (Å²) < 4.78 is 5.76. The summed E-state index contributed by atoms with van der Waals surface area (Å²) in [6.07, 6.45) is 0.223. The van der Waals surface area contributed by atoms with Gasteiger partial charge in [-0.15, -0.1) is 0 Å². The van der Waals surface area contributed by atoms with Gasteiger partial charge in [-0.3, -0.25) is 19.5 Å². The predicted octanol–water partition coefficient (Wildman–Crippen LogP) is 1.75. The van der Waals surface area contributed by atoms with Crippen LogP contribution in [0.5, 0.6) is 0 Å². The van der Waals surface area contributed by atoms with Gasteiger partial charge in [0.15, 0.2) is 11.7 Å². The number of nitrogens with zero attached hydrogens (tertiary/aromatic N) is 2. The molecule has 2 atom stereocenters. The molecule has 1 saturated heterocycles. The highest BCUT2D eigenvalue weighted by Crippen LogP contribution is 2.44. The zero-order valence-corrected chi connectivity index (χ0v) is 19.1. The van der Waals surface area contributed by atoms with Gasteiger partial charge in [-0.05, 0) is 42.0 Å². The van der Waals surface area contributed by atoms with Gasteiger partial charge in [0, 0.05) is 12.5 Å². The lowest BCUT2D eigenvalue weighted by Gasteiger charge is -2.38. The summed E-state index contributed by atoms with van der Waals surface area (Å²) in [4.78, 5) is 43.2. The van der Waals surface area contributed by atoms with Crippen LogP contribution >= 0.6 is 0 Å². The Morgan fingerprint density at radius 1 is 1.09 bits per heavy atom. The average Bonchev–Trinajstić information content (AvgIpc) is 3.14. The molecule has 34 heavy (non-hydrogen) atoms. The molecule has 0 radical (unpaired) electrons. The van der Waals surface area contributed by atoms with Gasteiger partial charge in [0.2, 0.25) is 5.91 Å². The quantitative estimate of drug-likeness (QED) is 0.325. The molecular weight excluding hydrogens is 434 g/mol. The molecule has 0 bridgehead atoms. The first kappa shape index (κ1) is 23.3. The van der Waals surface area contributed by atoms with Crippen molar-refractivity contribution in [2.75, 3.05) is 19.7 Å². The minimum atomic E-state index is -0.763. The van der Waals surface area contributed by atoms with Gasteiger partial charge < -0.3 is 21.5 Å². The number of aliphatic imine (C=N–C) groups is 1. The molecule has 2 amide bonds. The average molecular weight is 464 g/mol. The largest absolute Gasteiger partial charge is 0.448 e. The number of rotatable bonds is 7. The van der Waals surface area contributed by atoms with Crippen LogP contribution < -0.4 is 16.8 Å². The molecule has 0 spiro atoms. The van der Waals surface area contributed by atoms with Crippen LogP contribution in [0.25, 0.3) is 11.1 Å². The number of nitrogens with two attached hydrogens (primary N) is 2. The minimum absolute atomic E-state index is 0.0295. The number of fused-ring (bicyclic) bond motifs is 3. The number of benzene rings is 2. The molecule has 1 aliphatic carbocycles. The molecule has 2 aliphatic rings. The molecule has 1 aliphatic heterocycles. The first-order chi connectivity index (χ1) is 16.4. The molecule has 5 N–H and O–H groups in total. The first-order valence-corrected chi connectivity index (χ1v) is 11.3. The molecule has 2 aromatic rings. The van der Waals surface area contributed by atoms with E-state index < -0.39 is 18.2 Å². The maximum absolute atomic E-state index is 13.2. The summed E-state index contributed by atoms with van der Waals surface area (Å²) in [5, 5.41) is 2.70. The number of amides is 2. The summed E-state index contributed by atoms with van der Waals surface area (Å²) in [5.41, 5.74) is 15.2. The number of carbonyl (C=O) groups excluding carboxylic acids is 3. The SMILES string of the molecule is CC(=O)[C@H]1CN(C(=O)OCC2c3ccccc3-c3ccccc32)[C@H](CCCN=C(N)N)C(=O)N1. The second-order valence-corrected chi connectivity index (χ2v) is 8.59. The highest BCUT2D eigenvalue weighted by atomic mass is 16.6. The molecule has 0 saturated carbocycles. The van der Waals surface area contributed by atoms with Gasteiger partial charge in [-0.1, -0.05) is 48.5 Å². The third-order valence-electron chi connectivity index (χ3n) is 6.37. The molecule has 178 valence electrons. The Bertz CT molecular complexity index is 1080. The van der Waals surface area contributed by atoms with Gasteiger partial charge >= 0.3 is 6.09 Å². The van der Waals surface area contributed by atoms with Crippen molar-refractivity contribution in [2.24, 2.45) is 16.5 Å². The lowest BCUT2D eigenvalue weighted by Crippen LogP contribution is -2.63. The van der Waals surface area contributed by atoms with E-state index in [0.717, 1.165) is 22.3 Å². The fraction of sp³-hybridized carbons (Fsp3) is 0.360. The smallest absolute Gasteiger partial charge is 0.410 e. The minimum Gasteiger partial charge on any atom is -0.448 e. The Kier molecular flexibility index (Phi) is 6.81. The zero-order valence-electron chi connectivity index (χ0n) is 19.1. The molecule has 1 fully saturated rings. The van der Waals surface area contributed by atoms with Crippen molar-refractivity contribution in [1.29, 1.82) is 0 Å². The Morgan fingerprint density at radius 3 is 2.29 bits per heavy atom. The number of carbonyl (C=O) groups is 3. The van der Waals surface area contributed by atoms with E-state index in [-0.39, 0.29) is 36.7 Å². The van der Waals surface area contributed by atoms with E-state index >= 15 is 0 Å². The van der Waals surface area contributed by atoms with E-state index in [0.29, 0.717) is 19.4 Å². The summed E-state index contributed by atoms with van der Waals surface area (Å²) in [5.74, 6) is -0.731. The number of ketones is 1. The van der Waals surface area contributed by atoms with Gasteiger partial charge in [-0.2, -0.15) is 0 Å². The second-order valence-electron chi connectivity index (χ2n) is 8.59. The van der Waals surface area contributed by atoms with Gasteiger partial charge in [0.25, 0.3) is 0 Å². The van der Waals surface area contributed by atoms with E-state index in [1.54, 1.807) is 0 Å². The lowest BCUT2D eigenvalue weighted by molar-refractivity contribution is -0.134. The summed E-state index contributed by atoms with van der Waals surface area (Å²) in [6.45, 7) is 1.92. The van der Waals surface area contributed by atoms with Crippen LogP contribution in [0.2, 0.25) is 0 Å². The fourth-order valence-corrected chi connectivity index (χ4v) is 4.67. The summed E-state index contributed by atoms with van der Waals surface area (Å²) in [6, 6.07) is 14.6. The van der Waals surface area contributed by atoms with Crippen LogP contribution in [0.3, 0.4) is 0 Å². The number of Topliss-reactive ketones (excluding diaryl/α,β-unsaturated/α-hetero) is 1. The highest BCUT2D eigenvalue weighted by molar-refractivity contribution is 5.93. The third-order valence-corrected chi connectivity index (χ3v) is 6.37. The molecule has 9 heteroatoms. The van der Waals surface area contributed by atoms with E-state index in [1.807, 2.05) is 36.4 Å². The number of guanidine groups is 1. The third kappa shape index (κ3) is 4.73. The van der Waals surface area contributed by atoms with Crippen molar-refractivity contribution in [3.8, 4) is 11.1 Å². The van der Waals surface area contributed by atoms with Crippen LogP contribution in [-0.2, 0) is 14.3 Å². The molecule has 2 aromatic carbocycles. The standard InChI is InChI=1S/C25H29N5O4/c1-15(31)21-13-30(22(23(32)29-21)11-6-12-28-24(26)27)25(33)34-14-20-18-9-4-2-7-16(18)17-8-3-5-10-19(17)20/h2-5,7-10,20-22H,6,11-14H2,1H3,(H,29,32)(H4,26,27,28)/t21-,22-/m1/s1. The number of ether oxygens (including phenoxy) is 1. The van der Waals surface area contributed by atoms with E-state index in [2.05, 4.69) is 22.4 Å². The Hall–Kier alpha value is -3.88.